The van der Waals surface area contributed by atoms with Gasteiger partial charge >= 0.3 is 43.2 Å². The minimum absolute atomic E-state index is 0.00733. The van der Waals surface area contributed by atoms with E-state index in [9.17, 15) is 65.9 Å². The summed E-state index contributed by atoms with van der Waals surface area (Å²) in [6.07, 6.45) is -31.7. The number of alkyl halides is 21. The maximum atomic E-state index is 16.4. The largest absolute Gasteiger partial charge is 0.417 e. The van der Waals surface area contributed by atoms with E-state index in [2.05, 4.69) is 9.97 Å². The van der Waals surface area contributed by atoms with Crippen LogP contribution in [0, 0.1) is 0 Å². The molecule has 0 saturated carbocycles. The average Bonchev–Trinajstić information content (AvgIpc) is 1.60. The van der Waals surface area contributed by atoms with E-state index in [0.717, 1.165) is 12.1 Å². The molecule has 10 aromatic carbocycles. The third-order valence-corrected chi connectivity index (χ3v) is 18.2. The molecule has 0 aliphatic rings. The number of halogens is 21. The van der Waals surface area contributed by atoms with Gasteiger partial charge in [0.1, 0.15) is 0 Å². The Morgan fingerprint density at radius 2 is 0.515 bits per heavy atom. The number of hydrogen-bond acceptors (Lipinski definition) is 2. The van der Waals surface area contributed by atoms with Gasteiger partial charge in [0.05, 0.1) is 89.1 Å². The van der Waals surface area contributed by atoms with E-state index < -0.39 is 98.9 Å². The molecule has 0 aliphatic carbocycles. The van der Waals surface area contributed by atoms with E-state index in [1.165, 1.54) is 96.1 Å². The summed E-state index contributed by atoms with van der Waals surface area (Å²) in [5.41, 5.74) is -13.0. The summed E-state index contributed by atoms with van der Waals surface area (Å²) in [6.45, 7) is 0. The van der Waals surface area contributed by atoms with E-state index in [4.69, 9.17) is 0 Å². The molecule has 0 unspecified atom stereocenters. The molecule has 0 aliphatic heterocycles. The summed E-state index contributed by atoms with van der Waals surface area (Å²) in [5, 5.41) is 1.47. The first-order valence-corrected chi connectivity index (χ1v) is 30.7. The highest BCUT2D eigenvalue weighted by Crippen LogP contribution is 2.52. The molecule has 0 saturated heterocycles. The predicted octanol–water partition coefficient (Wildman–Crippen LogP) is 25.2. The fourth-order valence-electron chi connectivity index (χ4n) is 13.8. The molecule has 5 aromatic heterocycles. The number of benzene rings is 10. The highest BCUT2D eigenvalue weighted by Gasteiger charge is 2.43. The first-order valence-electron chi connectivity index (χ1n) is 30.7. The number of nitrogens with zero attached hydrogens (tertiary/aromatic N) is 5. The summed E-state index contributed by atoms with van der Waals surface area (Å²) in [6, 6.07) is 38.6. The van der Waals surface area contributed by atoms with Crippen molar-refractivity contribution in [2.24, 2.45) is 0 Å². The highest BCUT2D eigenvalue weighted by atomic mass is 19.4. The number of para-hydroxylation sites is 3. The lowest BCUT2D eigenvalue weighted by atomic mass is 9.92. The molecule has 0 radical (unpaired) electrons. The van der Waals surface area contributed by atoms with E-state index in [1.54, 1.807) is 81.9 Å². The minimum atomic E-state index is -5.35. The first-order chi connectivity index (χ1) is 48.5. The van der Waals surface area contributed by atoms with Crippen LogP contribution in [-0.4, -0.2) is 23.7 Å². The van der Waals surface area contributed by atoms with Crippen molar-refractivity contribution in [1.82, 2.24) is 23.7 Å². The third kappa shape index (κ3) is 11.6. The fraction of sp³-hybridized carbons (Fsp3) is 0.0909. The smallest absolute Gasteiger partial charge is 0.309 e. The summed E-state index contributed by atoms with van der Waals surface area (Å²) in [4.78, 5) is 8.89. The molecule has 26 heteroatoms. The van der Waals surface area contributed by atoms with Crippen molar-refractivity contribution in [2.75, 3.05) is 0 Å². The zero-order valence-electron chi connectivity index (χ0n) is 51.6. The van der Waals surface area contributed by atoms with Gasteiger partial charge in [0.15, 0.2) is 0 Å². The second-order valence-electron chi connectivity index (χ2n) is 24.2. The number of aromatic nitrogens is 5. The molecule has 0 atom stereocenters. The summed E-state index contributed by atoms with van der Waals surface area (Å²) >= 11 is 0. The molecule has 0 bridgehead atoms. The molecule has 0 N–H and O–H groups in total. The molecule has 0 fully saturated rings. The fourth-order valence-corrected chi connectivity index (χ4v) is 13.8. The maximum absolute atomic E-state index is 16.4. The molecule has 0 spiro atoms. The number of fused-ring (bicyclic) bond motifs is 9. The van der Waals surface area contributed by atoms with Crippen molar-refractivity contribution in [3.63, 3.8) is 0 Å². The molecule has 0 amide bonds. The lowest BCUT2D eigenvalue weighted by molar-refractivity contribution is -0.144. The van der Waals surface area contributed by atoms with Crippen molar-refractivity contribution in [1.29, 1.82) is 0 Å². The number of rotatable bonds is 8. The minimum Gasteiger partial charge on any atom is -0.309 e. The van der Waals surface area contributed by atoms with Crippen molar-refractivity contribution in [3.05, 3.63) is 270 Å². The number of pyridine rings is 2. The molecule has 5 heterocycles. The summed E-state index contributed by atoms with van der Waals surface area (Å²) < 4.78 is 314. The molecule has 15 rings (SSSR count). The van der Waals surface area contributed by atoms with Crippen LogP contribution >= 0.6 is 0 Å². The summed E-state index contributed by atoms with van der Waals surface area (Å²) in [7, 11) is 0. The van der Waals surface area contributed by atoms with Gasteiger partial charge in [0.2, 0.25) is 0 Å². The Morgan fingerprint density at radius 3 is 0.825 bits per heavy atom. The van der Waals surface area contributed by atoms with Crippen LogP contribution in [0.1, 0.15) is 38.9 Å². The van der Waals surface area contributed by atoms with Crippen molar-refractivity contribution < 1.29 is 92.2 Å². The predicted molar refractivity (Wildman–Crippen MR) is 347 cm³/mol. The van der Waals surface area contributed by atoms with E-state index in [1.807, 2.05) is 0 Å². The van der Waals surface area contributed by atoms with Crippen LogP contribution in [0.4, 0.5) is 92.2 Å². The Hall–Kier alpha value is -11.6. The summed E-state index contributed by atoms with van der Waals surface area (Å²) in [5.74, 6) is 0. The van der Waals surface area contributed by atoms with E-state index in [0.29, 0.717) is 58.2 Å². The normalized spacial score (nSPS) is 13.1. The lowest BCUT2D eigenvalue weighted by Gasteiger charge is -2.24. The maximum Gasteiger partial charge on any atom is 0.417 e. The van der Waals surface area contributed by atoms with Crippen LogP contribution in [-0.2, 0) is 43.2 Å². The average molecular weight is 1430 g/mol. The monoisotopic (exact) mass is 1430 g/mol. The van der Waals surface area contributed by atoms with Crippen molar-refractivity contribution >= 4 is 65.4 Å². The Labute approximate surface area is 565 Å². The van der Waals surface area contributed by atoms with Crippen LogP contribution in [0.3, 0.4) is 0 Å². The molecular weight excluding hydrogens is 1390 g/mol. The number of hydrogen-bond donors (Lipinski definition) is 0. The molecule has 518 valence electrons. The second kappa shape index (κ2) is 23.5. The van der Waals surface area contributed by atoms with Gasteiger partial charge in [-0.15, -0.1) is 0 Å². The molecule has 103 heavy (non-hydrogen) atoms. The Balaban J connectivity index is 1.03. The van der Waals surface area contributed by atoms with Gasteiger partial charge in [0.25, 0.3) is 0 Å². The SMILES string of the molecule is FC(F)(F)c1cc(-c2cnccc2-n2c3ccccc3c3cc(-c4ccc(C(F)(F)F)cc4C(F)(F)F)ccc32)c(-n2c3ccccc3c3cc(-c4ccc(C(F)(F)F)cc4C(F)(F)F)ccc32)c(-c2cnccc2-n2c3ccccc3c3cc(-c4ccc(C(F)(F)F)cc4C(F)(F)F)ccc32)c1. The van der Waals surface area contributed by atoms with Crippen LogP contribution in [0.2, 0.25) is 0 Å². The first kappa shape index (κ1) is 67.3. The van der Waals surface area contributed by atoms with E-state index >= 15 is 26.3 Å². The second-order valence-corrected chi connectivity index (χ2v) is 24.2. The standard InChI is InChI=1S/C77H38F21N5/c78-71(79,80)42-16-19-46(59(34-42)75(90,91)92)39-13-22-65-52(29-39)49-7-1-4-10-62(49)101(65)68-25-27-99-37-57(68)55-32-45(74(87,88)89)33-56(70(55)103-64-12-6-3-9-51(64)54-31-41(15-24-67(54)103)48-21-18-44(73(84,85)86)36-61(48)77(96,97)98)58-38-100-28-26-69(58)102-63-11-5-2-8-50(63)53-30-40(14-23-66(53)102)47-20-17-43(72(81,82)83)35-60(47)76(93,94)95/h1-38H. The van der Waals surface area contributed by atoms with Gasteiger partial charge in [-0.1, -0.05) is 91.0 Å². The van der Waals surface area contributed by atoms with Gasteiger partial charge in [-0.2, -0.15) is 92.2 Å². The van der Waals surface area contributed by atoms with Crippen LogP contribution in [0.15, 0.2) is 231 Å². The quantitative estimate of drug-likeness (QED) is 0.142. The van der Waals surface area contributed by atoms with Crippen LogP contribution in [0.25, 0.3) is 138 Å². The molecular formula is C77H38F21N5. The molecule has 5 nitrogen and oxygen atoms in total. The lowest BCUT2D eigenvalue weighted by Crippen LogP contribution is -2.12. The van der Waals surface area contributed by atoms with Gasteiger partial charge in [0, 0.05) is 79.4 Å². The highest BCUT2D eigenvalue weighted by molar-refractivity contribution is 6.15. The van der Waals surface area contributed by atoms with E-state index in [-0.39, 0.29) is 118 Å². The van der Waals surface area contributed by atoms with Gasteiger partial charge in [-0.05, 0) is 149 Å². The Bertz CT molecular complexity index is 5720. The van der Waals surface area contributed by atoms with Gasteiger partial charge in [-0.25, -0.2) is 0 Å². The van der Waals surface area contributed by atoms with Crippen LogP contribution < -0.4 is 0 Å². The van der Waals surface area contributed by atoms with Gasteiger partial charge < -0.3 is 13.7 Å². The van der Waals surface area contributed by atoms with Crippen LogP contribution in [0.5, 0.6) is 0 Å². The van der Waals surface area contributed by atoms with Crippen molar-refractivity contribution in [3.8, 4) is 72.7 Å². The zero-order valence-corrected chi connectivity index (χ0v) is 51.6. The topological polar surface area (TPSA) is 40.6 Å². The van der Waals surface area contributed by atoms with Gasteiger partial charge in [-0.3, -0.25) is 9.97 Å². The third-order valence-electron chi connectivity index (χ3n) is 18.2. The molecule has 15 aromatic rings. The Morgan fingerprint density at radius 1 is 0.223 bits per heavy atom. The van der Waals surface area contributed by atoms with Crippen molar-refractivity contribution in [2.45, 2.75) is 43.2 Å². The Kier molecular flexibility index (Phi) is 15.3. The zero-order chi connectivity index (χ0) is 73.0.